The Balaban J connectivity index is 2.01. The normalized spacial score (nSPS) is 18.3. The number of hydrogen-bond donors (Lipinski definition) is 0. The van der Waals surface area contributed by atoms with Crippen LogP contribution in [0.3, 0.4) is 0 Å². The first-order valence-corrected chi connectivity index (χ1v) is 8.37. The molecule has 2 heterocycles. The van der Waals surface area contributed by atoms with Crippen LogP contribution in [0.2, 0.25) is 0 Å². The Kier molecular flexibility index (Phi) is 3.91. The second-order valence-corrected chi connectivity index (χ2v) is 7.10. The molecule has 2 aromatic rings. The van der Waals surface area contributed by atoms with E-state index in [1.165, 1.54) is 35.5 Å². The van der Waals surface area contributed by atoms with Crippen molar-refractivity contribution in [3.8, 4) is 10.9 Å². The van der Waals surface area contributed by atoms with Crippen LogP contribution >= 0.6 is 8.19 Å². The van der Waals surface area contributed by atoms with Crippen molar-refractivity contribution >= 4 is 14.1 Å². The third kappa shape index (κ3) is 2.65. The van der Waals surface area contributed by atoms with Gasteiger partial charge in [-0.05, 0) is 25.3 Å². The summed E-state index contributed by atoms with van der Waals surface area (Å²) in [6.45, 7) is 9.51. The fourth-order valence-electron chi connectivity index (χ4n) is 2.58. The summed E-state index contributed by atoms with van der Waals surface area (Å²) >= 11 is 0. The molecule has 1 aliphatic heterocycles. The van der Waals surface area contributed by atoms with E-state index in [4.69, 9.17) is 9.73 Å². The molecule has 0 fully saturated rings. The highest BCUT2D eigenvalue weighted by Crippen LogP contribution is 2.41. The maximum Gasteiger partial charge on any atom is 0.184 e. The molecule has 1 atom stereocenters. The molecule has 110 valence electrons. The fraction of sp³-hybridized carbons (Fsp3) is 0.389. The van der Waals surface area contributed by atoms with Gasteiger partial charge in [-0.1, -0.05) is 55.3 Å². The van der Waals surface area contributed by atoms with E-state index in [9.17, 15) is 0 Å². The van der Waals surface area contributed by atoms with Crippen molar-refractivity contribution in [2.75, 3.05) is 6.61 Å². The van der Waals surface area contributed by atoms with Gasteiger partial charge in [-0.25, -0.2) is 4.99 Å². The Labute approximate surface area is 128 Å². The van der Waals surface area contributed by atoms with Crippen molar-refractivity contribution in [1.29, 1.82) is 0 Å². The van der Waals surface area contributed by atoms with Gasteiger partial charge in [-0.15, -0.1) is 5.30 Å². The number of benzene rings is 1. The van der Waals surface area contributed by atoms with Crippen LogP contribution < -0.4 is 0 Å². The molecule has 0 saturated carbocycles. The lowest BCUT2D eigenvalue weighted by atomic mass is 10.1. The van der Waals surface area contributed by atoms with Crippen LogP contribution in [0.1, 0.15) is 30.3 Å². The van der Waals surface area contributed by atoms with Gasteiger partial charge in [0.15, 0.2) is 5.90 Å². The topological polar surface area (TPSA) is 21.6 Å². The predicted octanol–water partition coefficient (Wildman–Crippen LogP) is 5.07. The van der Waals surface area contributed by atoms with E-state index >= 15 is 0 Å². The summed E-state index contributed by atoms with van der Waals surface area (Å²) in [5.41, 5.74) is 3.97. The van der Waals surface area contributed by atoms with Crippen molar-refractivity contribution in [2.45, 2.75) is 33.7 Å². The van der Waals surface area contributed by atoms with E-state index in [0.29, 0.717) is 12.0 Å². The lowest BCUT2D eigenvalue weighted by Crippen LogP contribution is -2.13. The third-order valence-corrected chi connectivity index (χ3v) is 5.76. The Morgan fingerprint density at radius 2 is 1.76 bits per heavy atom. The molecule has 0 unspecified atom stereocenters. The lowest BCUT2D eigenvalue weighted by molar-refractivity contribution is 0.292. The molecule has 3 rings (SSSR count). The standard InChI is InChI=1S/C18H21NOP/c1-11(2)15-10-20-18(19-15)17-13(4)12(3)16(21-17)14-8-6-5-7-9-14/h5-9,11,15H,10H2,1-4H3/q-1/t15-/m1/s1. The number of rotatable bonds is 3. The van der Waals surface area contributed by atoms with E-state index in [1.807, 2.05) is 0 Å². The van der Waals surface area contributed by atoms with E-state index < -0.39 is 0 Å². The Morgan fingerprint density at radius 3 is 2.38 bits per heavy atom. The van der Waals surface area contributed by atoms with Gasteiger partial charge in [0.1, 0.15) is 6.61 Å². The first kappa shape index (κ1) is 14.4. The molecule has 0 amide bonds. The molecule has 0 aliphatic carbocycles. The highest BCUT2D eigenvalue weighted by Gasteiger charge is 2.22. The smallest absolute Gasteiger partial charge is 0.184 e. The van der Waals surface area contributed by atoms with Crippen LogP contribution in [0.4, 0.5) is 0 Å². The molecule has 0 N–H and O–H groups in total. The van der Waals surface area contributed by atoms with Crippen LogP contribution in [0, 0.1) is 19.8 Å². The minimum absolute atomic E-state index is 0.302. The predicted molar refractivity (Wildman–Crippen MR) is 90.6 cm³/mol. The van der Waals surface area contributed by atoms with Crippen LogP contribution in [-0.2, 0) is 4.74 Å². The van der Waals surface area contributed by atoms with Crippen LogP contribution in [0.5, 0.6) is 0 Å². The highest BCUT2D eigenvalue weighted by molar-refractivity contribution is 7.36. The van der Waals surface area contributed by atoms with Gasteiger partial charge >= 0.3 is 0 Å². The van der Waals surface area contributed by atoms with E-state index in [0.717, 1.165) is 12.5 Å². The van der Waals surface area contributed by atoms with Crippen LogP contribution in [-0.4, -0.2) is 18.5 Å². The van der Waals surface area contributed by atoms with Gasteiger partial charge in [-0.3, -0.25) is 0 Å². The summed E-state index contributed by atoms with van der Waals surface area (Å²) in [5, 5.41) is 2.62. The molecule has 0 spiro atoms. The van der Waals surface area contributed by atoms with Gasteiger partial charge in [-0.2, -0.15) is 5.30 Å². The Bertz CT molecular complexity index is 670. The molecule has 0 saturated heterocycles. The number of ether oxygens (including phenoxy) is 1. The summed E-state index contributed by atoms with van der Waals surface area (Å²) in [4.78, 5) is 4.79. The lowest BCUT2D eigenvalue weighted by Gasteiger charge is -2.10. The maximum atomic E-state index is 5.87. The number of aliphatic imine (C=N–C) groups is 1. The quantitative estimate of drug-likeness (QED) is 0.775. The zero-order chi connectivity index (χ0) is 15.0. The molecule has 1 aliphatic rings. The summed E-state index contributed by atoms with van der Waals surface area (Å²) in [6, 6.07) is 10.9. The van der Waals surface area contributed by atoms with E-state index in [2.05, 4.69) is 58.0 Å². The Morgan fingerprint density at radius 1 is 1.10 bits per heavy atom. The average Bonchev–Trinajstić information content (AvgIpc) is 3.07. The highest BCUT2D eigenvalue weighted by atomic mass is 31.0. The van der Waals surface area contributed by atoms with Crippen molar-refractivity contribution < 1.29 is 4.74 Å². The first-order chi connectivity index (χ1) is 10.1. The molecule has 0 bridgehead atoms. The average molecular weight is 298 g/mol. The summed E-state index contributed by atoms with van der Waals surface area (Å²) in [7, 11) is 1.22. The molecule has 0 radical (unpaired) electrons. The van der Waals surface area contributed by atoms with Gasteiger partial charge in [0.05, 0.1) is 6.04 Å². The summed E-state index contributed by atoms with van der Waals surface area (Å²) < 4.78 is 5.87. The van der Waals surface area contributed by atoms with Crippen molar-refractivity contribution in [1.82, 2.24) is 0 Å². The molecule has 3 heteroatoms. The van der Waals surface area contributed by atoms with Gasteiger partial charge < -0.3 is 12.9 Å². The molecule has 1 aromatic carbocycles. The molecular weight excluding hydrogens is 277 g/mol. The molecule has 21 heavy (non-hydrogen) atoms. The molecular formula is C18H21NOP-. The fourth-order valence-corrected chi connectivity index (χ4v) is 3.97. The summed E-state index contributed by atoms with van der Waals surface area (Å²) in [6.07, 6.45) is 0. The van der Waals surface area contributed by atoms with Gasteiger partial charge in [0.2, 0.25) is 0 Å². The summed E-state index contributed by atoms with van der Waals surface area (Å²) in [5.74, 6) is 1.39. The van der Waals surface area contributed by atoms with Crippen molar-refractivity contribution in [3.05, 3.63) is 46.8 Å². The zero-order valence-electron chi connectivity index (χ0n) is 13.1. The van der Waals surface area contributed by atoms with Gasteiger partial charge in [0, 0.05) is 0 Å². The van der Waals surface area contributed by atoms with E-state index in [-0.39, 0.29) is 0 Å². The second-order valence-electron chi connectivity index (χ2n) is 5.98. The second kappa shape index (κ2) is 5.69. The first-order valence-electron chi connectivity index (χ1n) is 7.48. The Hall–Kier alpha value is -1.53. The van der Waals surface area contributed by atoms with Crippen molar-refractivity contribution in [2.24, 2.45) is 10.9 Å². The van der Waals surface area contributed by atoms with Crippen LogP contribution in [0.15, 0.2) is 35.3 Å². The SMILES string of the molecule is Cc1c(C2=N[C@@H](C(C)C)CO2)[p-]c(-c2ccccc2)c1C. The molecule has 1 aromatic heterocycles. The minimum Gasteiger partial charge on any atom is -0.509 e. The maximum absolute atomic E-state index is 5.87. The van der Waals surface area contributed by atoms with Crippen LogP contribution in [0.25, 0.3) is 10.9 Å². The largest absolute Gasteiger partial charge is 0.509 e. The molecule has 2 nitrogen and oxygen atoms in total. The minimum atomic E-state index is 0.302. The monoisotopic (exact) mass is 298 g/mol. The van der Waals surface area contributed by atoms with E-state index in [1.54, 1.807) is 0 Å². The number of nitrogens with zero attached hydrogens (tertiary/aromatic N) is 1. The zero-order valence-corrected chi connectivity index (χ0v) is 13.9. The third-order valence-electron chi connectivity index (χ3n) is 4.19. The number of hydrogen-bond acceptors (Lipinski definition) is 2. The van der Waals surface area contributed by atoms with Gasteiger partial charge in [0.25, 0.3) is 0 Å². The van der Waals surface area contributed by atoms with Crippen molar-refractivity contribution in [3.63, 3.8) is 0 Å².